The highest BCUT2D eigenvalue weighted by Gasteiger charge is 2.33. The first-order valence-electron chi connectivity index (χ1n) is 11.1. The van der Waals surface area contributed by atoms with E-state index in [1.54, 1.807) is 19.1 Å². The molecule has 33 heavy (non-hydrogen) atoms. The smallest absolute Gasteiger partial charge is 0.344 e. The van der Waals surface area contributed by atoms with Crippen LogP contribution in [-0.4, -0.2) is 29.2 Å². The highest BCUT2D eigenvalue weighted by molar-refractivity contribution is 6.56. The molecule has 0 spiro atoms. The number of benzene rings is 2. The Morgan fingerprint density at radius 1 is 0.970 bits per heavy atom. The number of rotatable bonds is 7. The number of hydrogen-bond donors (Lipinski definition) is 2. The quantitative estimate of drug-likeness (QED) is 0.405. The van der Waals surface area contributed by atoms with E-state index >= 15 is 0 Å². The molecule has 1 aliphatic carbocycles. The fraction of sp³-hybridized carbons (Fsp3) is 0.296. The van der Waals surface area contributed by atoms with Crippen molar-refractivity contribution in [3.63, 3.8) is 0 Å². The lowest BCUT2D eigenvalue weighted by Crippen LogP contribution is -2.29. The summed E-state index contributed by atoms with van der Waals surface area (Å²) in [7, 11) is 0. The van der Waals surface area contributed by atoms with Crippen molar-refractivity contribution >= 4 is 28.8 Å². The lowest BCUT2D eigenvalue weighted by atomic mass is 9.96. The van der Waals surface area contributed by atoms with Crippen molar-refractivity contribution < 1.29 is 19.4 Å². The third-order valence-electron chi connectivity index (χ3n) is 5.37. The molecule has 0 aliphatic heterocycles. The van der Waals surface area contributed by atoms with Gasteiger partial charge in [0.05, 0.1) is 18.0 Å². The largest absolute Gasteiger partial charge is 0.505 e. The van der Waals surface area contributed by atoms with Crippen LogP contribution >= 0.6 is 0 Å². The van der Waals surface area contributed by atoms with Gasteiger partial charge in [-0.1, -0.05) is 52.0 Å². The number of nitrogens with one attached hydrogen (secondary N) is 1. The van der Waals surface area contributed by atoms with Crippen LogP contribution in [0.3, 0.4) is 0 Å². The minimum Gasteiger partial charge on any atom is -0.505 e. The Morgan fingerprint density at radius 3 is 2.03 bits per heavy atom. The van der Waals surface area contributed by atoms with Crippen molar-refractivity contribution in [1.29, 1.82) is 0 Å². The van der Waals surface area contributed by atoms with Gasteiger partial charge >= 0.3 is 5.97 Å². The molecule has 6 heteroatoms. The molecule has 0 saturated heterocycles. The van der Waals surface area contributed by atoms with Gasteiger partial charge in [0.2, 0.25) is 5.78 Å². The van der Waals surface area contributed by atoms with Gasteiger partial charge in [0.15, 0.2) is 5.76 Å². The lowest BCUT2D eigenvalue weighted by molar-refractivity contribution is -0.138. The highest BCUT2D eigenvalue weighted by atomic mass is 16.5. The molecule has 0 unspecified atom stereocenters. The highest BCUT2D eigenvalue weighted by Crippen LogP contribution is 2.27. The molecular weight excluding hydrogens is 416 g/mol. The monoisotopic (exact) mass is 446 g/mol. The molecule has 3 rings (SSSR count). The molecule has 2 aromatic carbocycles. The zero-order chi connectivity index (χ0) is 24.1. The van der Waals surface area contributed by atoms with E-state index in [9.17, 15) is 14.7 Å². The van der Waals surface area contributed by atoms with Gasteiger partial charge in [0, 0.05) is 11.8 Å². The molecule has 0 fully saturated rings. The van der Waals surface area contributed by atoms with Crippen molar-refractivity contribution in [1.82, 2.24) is 0 Å². The van der Waals surface area contributed by atoms with Crippen molar-refractivity contribution in [2.24, 2.45) is 4.99 Å². The Kier molecular flexibility index (Phi) is 7.48. The van der Waals surface area contributed by atoms with E-state index < -0.39 is 11.8 Å². The van der Waals surface area contributed by atoms with Crippen LogP contribution in [0.5, 0.6) is 0 Å². The zero-order valence-electron chi connectivity index (χ0n) is 19.7. The van der Waals surface area contributed by atoms with Gasteiger partial charge in [0.25, 0.3) is 0 Å². The molecule has 0 radical (unpaired) electrons. The number of hydrogen-bond acceptors (Lipinski definition) is 6. The second-order valence-corrected chi connectivity index (χ2v) is 8.47. The molecule has 0 saturated carbocycles. The van der Waals surface area contributed by atoms with Crippen LogP contribution in [0.4, 0.5) is 11.4 Å². The van der Waals surface area contributed by atoms with Crippen LogP contribution in [0.15, 0.2) is 76.6 Å². The van der Waals surface area contributed by atoms with Gasteiger partial charge < -0.3 is 15.2 Å². The second-order valence-electron chi connectivity index (χ2n) is 8.47. The minimum absolute atomic E-state index is 0.101. The first kappa shape index (κ1) is 24.0. The van der Waals surface area contributed by atoms with Crippen molar-refractivity contribution in [3.8, 4) is 0 Å². The summed E-state index contributed by atoms with van der Waals surface area (Å²) in [6.07, 6.45) is 1.25. The summed E-state index contributed by atoms with van der Waals surface area (Å²) < 4.78 is 5.11. The Hall–Kier alpha value is -3.67. The van der Waals surface area contributed by atoms with E-state index in [0.717, 1.165) is 5.56 Å². The van der Waals surface area contributed by atoms with Crippen LogP contribution < -0.4 is 5.32 Å². The maximum Gasteiger partial charge on any atom is 0.344 e. The fourth-order valence-corrected chi connectivity index (χ4v) is 3.41. The maximum absolute atomic E-state index is 13.0. The number of allylic oxidation sites excluding steroid dienone is 1. The Bertz CT molecular complexity index is 1120. The number of anilines is 1. The number of esters is 1. The van der Waals surface area contributed by atoms with Crippen molar-refractivity contribution in [2.75, 3.05) is 11.9 Å². The molecule has 0 heterocycles. The van der Waals surface area contributed by atoms with E-state index in [4.69, 9.17) is 4.74 Å². The summed E-state index contributed by atoms with van der Waals surface area (Å²) in [5.74, 6) is -0.938. The molecule has 0 aromatic heterocycles. The molecule has 0 atom stereocenters. The van der Waals surface area contributed by atoms with E-state index in [1.807, 2.05) is 36.4 Å². The van der Waals surface area contributed by atoms with E-state index in [2.05, 4.69) is 38.0 Å². The summed E-state index contributed by atoms with van der Waals surface area (Å²) in [4.78, 5) is 30.1. The van der Waals surface area contributed by atoms with E-state index in [-0.39, 0.29) is 29.3 Å². The maximum atomic E-state index is 13.0. The van der Waals surface area contributed by atoms with Gasteiger partial charge in [-0.15, -0.1) is 0 Å². The number of aliphatic imine (C=N–C) groups is 1. The number of aliphatic hydroxyl groups is 1. The zero-order valence-corrected chi connectivity index (χ0v) is 19.7. The fourth-order valence-electron chi connectivity index (χ4n) is 3.41. The first-order chi connectivity index (χ1) is 15.7. The molecule has 1 aliphatic rings. The summed E-state index contributed by atoms with van der Waals surface area (Å²) in [5, 5.41) is 14.0. The Labute approximate surface area is 194 Å². The molecule has 2 N–H and O–H groups in total. The van der Waals surface area contributed by atoms with Crippen LogP contribution in [0.25, 0.3) is 0 Å². The lowest BCUT2D eigenvalue weighted by Gasteiger charge is -2.19. The van der Waals surface area contributed by atoms with Gasteiger partial charge in [-0.25, -0.2) is 9.79 Å². The molecule has 6 nitrogen and oxygen atoms in total. The second kappa shape index (κ2) is 10.3. The summed E-state index contributed by atoms with van der Waals surface area (Å²) in [6.45, 7) is 10.1. The van der Waals surface area contributed by atoms with Crippen molar-refractivity contribution in [2.45, 2.75) is 46.5 Å². The number of carbonyl (C=O) groups excluding carboxylic acids is 2. The number of ether oxygens (including phenoxy) is 1. The van der Waals surface area contributed by atoms with Gasteiger partial charge in [-0.05, 0) is 54.2 Å². The number of aliphatic hydroxyl groups excluding tert-OH is 1. The number of nitrogens with zero attached hydrogens (tertiary/aromatic N) is 1. The average molecular weight is 447 g/mol. The van der Waals surface area contributed by atoms with Crippen LogP contribution in [0.1, 0.15) is 57.6 Å². The van der Waals surface area contributed by atoms with Gasteiger partial charge in [-0.3, -0.25) is 4.79 Å². The molecule has 172 valence electrons. The van der Waals surface area contributed by atoms with Gasteiger partial charge in [0.1, 0.15) is 11.3 Å². The molecular formula is C27H30N2O4. The first-order valence-corrected chi connectivity index (χ1v) is 11.1. The third kappa shape index (κ3) is 5.58. The molecule has 0 bridgehead atoms. The number of ketones is 1. The summed E-state index contributed by atoms with van der Waals surface area (Å²) >= 11 is 0. The normalized spacial score (nSPS) is 15.3. The molecule has 2 aromatic rings. The van der Waals surface area contributed by atoms with Crippen LogP contribution in [0, 0.1) is 0 Å². The Morgan fingerprint density at radius 2 is 1.52 bits per heavy atom. The topological polar surface area (TPSA) is 88.0 Å². The summed E-state index contributed by atoms with van der Waals surface area (Å²) in [6, 6.07) is 15.1. The average Bonchev–Trinajstić information content (AvgIpc) is 2.78. The Balaban J connectivity index is 1.98. The number of carbonyl (C=O) groups is 2. The minimum atomic E-state index is -0.802. The third-order valence-corrected chi connectivity index (χ3v) is 5.37. The van der Waals surface area contributed by atoms with Crippen molar-refractivity contribution in [3.05, 3.63) is 82.8 Å². The van der Waals surface area contributed by atoms with Gasteiger partial charge in [-0.2, -0.15) is 0 Å². The van der Waals surface area contributed by atoms with Crippen LogP contribution in [0.2, 0.25) is 0 Å². The summed E-state index contributed by atoms with van der Waals surface area (Å²) in [5.41, 5.74) is 3.20. The van der Waals surface area contributed by atoms with E-state index in [1.165, 1.54) is 11.6 Å². The van der Waals surface area contributed by atoms with Crippen LogP contribution in [-0.2, 0) is 14.3 Å². The standard InChI is InChI=1S/C27H30N2O4/c1-6-33-27(32)24-25(29-21-13-9-19(10-14-21)17(4)5)23(30)15-22(26(24)31)28-20-11-7-18(8-12-20)16(2)3/h7-17,28,31H,6H2,1-5H3. The SMILES string of the molecule is CCOC(=O)C1=C(O)C(Nc2ccc(C(C)C)cc2)=CC(=O)C1=Nc1ccc(C(C)C)cc1. The molecule has 0 amide bonds. The van der Waals surface area contributed by atoms with E-state index in [0.29, 0.717) is 23.2 Å². The predicted octanol–water partition coefficient (Wildman–Crippen LogP) is 5.96. The predicted molar refractivity (Wildman–Crippen MR) is 131 cm³/mol.